The first-order valence-electron chi connectivity index (χ1n) is 4.75. The van der Waals surface area contributed by atoms with E-state index in [2.05, 4.69) is 35.0 Å². The van der Waals surface area contributed by atoms with Crippen LogP contribution < -0.4 is 4.74 Å². The zero-order valence-corrected chi connectivity index (χ0v) is 9.30. The lowest BCUT2D eigenvalue weighted by Crippen LogP contribution is -1.97. The second-order valence-electron chi connectivity index (χ2n) is 3.40. The molecule has 0 aliphatic heterocycles. The van der Waals surface area contributed by atoms with Crippen molar-refractivity contribution in [3.8, 4) is 5.75 Å². The Labute approximate surface area is 87.2 Å². The number of hydrogen-bond donors (Lipinski definition) is 0. The van der Waals surface area contributed by atoms with Crippen LogP contribution in [0.3, 0.4) is 0 Å². The molecule has 0 unspecified atom stereocenters. The number of halogens is 1. The third-order valence-electron chi connectivity index (χ3n) is 2.24. The zero-order chi connectivity index (χ0) is 9.26. The summed E-state index contributed by atoms with van der Waals surface area (Å²) in [5.41, 5.74) is 1.32. The third-order valence-corrected chi connectivity index (χ3v) is 3.14. The highest BCUT2D eigenvalue weighted by atomic mass is 79.9. The lowest BCUT2D eigenvalue weighted by molar-refractivity contribution is 0.301. The van der Waals surface area contributed by atoms with Crippen molar-refractivity contribution in [1.29, 1.82) is 0 Å². The molecule has 0 saturated heterocycles. The molecule has 2 rings (SSSR count). The largest absolute Gasteiger partial charge is 0.489 e. The van der Waals surface area contributed by atoms with Gasteiger partial charge in [0, 0.05) is 0 Å². The maximum atomic E-state index is 5.75. The van der Waals surface area contributed by atoms with Gasteiger partial charge in [0.05, 0.1) is 10.6 Å². The molecule has 1 fully saturated rings. The summed E-state index contributed by atoms with van der Waals surface area (Å²) >= 11 is 3.57. The summed E-state index contributed by atoms with van der Waals surface area (Å²) in [5, 5.41) is 0. The SMILES string of the molecule is CCc1cccc(OC2CC2)c1Br. The highest BCUT2D eigenvalue weighted by molar-refractivity contribution is 9.10. The van der Waals surface area contributed by atoms with Crippen LogP contribution in [0.25, 0.3) is 0 Å². The molecule has 1 aromatic rings. The molecule has 0 spiro atoms. The van der Waals surface area contributed by atoms with Crippen LogP contribution in [0, 0.1) is 0 Å². The first-order chi connectivity index (χ1) is 6.31. The van der Waals surface area contributed by atoms with Crippen LogP contribution in [-0.4, -0.2) is 6.10 Å². The second-order valence-corrected chi connectivity index (χ2v) is 4.19. The summed E-state index contributed by atoms with van der Waals surface area (Å²) in [7, 11) is 0. The predicted octanol–water partition coefficient (Wildman–Crippen LogP) is 3.55. The molecule has 0 N–H and O–H groups in total. The van der Waals surface area contributed by atoms with E-state index in [-0.39, 0.29) is 0 Å². The van der Waals surface area contributed by atoms with Gasteiger partial charge in [0.25, 0.3) is 0 Å². The fourth-order valence-corrected chi connectivity index (χ4v) is 1.92. The smallest absolute Gasteiger partial charge is 0.134 e. The van der Waals surface area contributed by atoms with E-state index in [0.717, 1.165) is 16.6 Å². The van der Waals surface area contributed by atoms with Gasteiger partial charge in [0.15, 0.2) is 0 Å². The molecular weight excluding hydrogens is 228 g/mol. The Balaban J connectivity index is 2.22. The van der Waals surface area contributed by atoms with Gasteiger partial charge in [-0.15, -0.1) is 0 Å². The standard InChI is InChI=1S/C11H13BrO/c1-2-8-4-3-5-10(11(8)12)13-9-6-7-9/h3-5,9H,2,6-7H2,1H3. The van der Waals surface area contributed by atoms with Crippen molar-refractivity contribution in [3.05, 3.63) is 28.2 Å². The van der Waals surface area contributed by atoms with Crippen molar-refractivity contribution in [2.75, 3.05) is 0 Å². The number of benzene rings is 1. The topological polar surface area (TPSA) is 9.23 Å². The van der Waals surface area contributed by atoms with E-state index in [1.165, 1.54) is 18.4 Å². The lowest BCUT2D eigenvalue weighted by atomic mass is 10.2. The molecule has 0 bridgehead atoms. The molecule has 0 atom stereocenters. The van der Waals surface area contributed by atoms with E-state index in [1.807, 2.05) is 6.07 Å². The highest BCUT2D eigenvalue weighted by Crippen LogP contribution is 2.34. The Bertz CT molecular complexity index is 305. The summed E-state index contributed by atoms with van der Waals surface area (Å²) in [6.45, 7) is 2.15. The van der Waals surface area contributed by atoms with Gasteiger partial charge in [0.1, 0.15) is 5.75 Å². The minimum atomic E-state index is 0.475. The molecule has 70 valence electrons. The maximum absolute atomic E-state index is 5.75. The maximum Gasteiger partial charge on any atom is 0.134 e. The van der Waals surface area contributed by atoms with E-state index in [1.54, 1.807) is 0 Å². The lowest BCUT2D eigenvalue weighted by Gasteiger charge is -2.09. The van der Waals surface area contributed by atoms with Crippen LogP contribution in [0.2, 0.25) is 0 Å². The Morgan fingerprint density at radius 2 is 2.23 bits per heavy atom. The third kappa shape index (κ3) is 2.05. The monoisotopic (exact) mass is 240 g/mol. The summed E-state index contributed by atoms with van der Waals surface area (Å²) in [6, 6.07) is 6.21. The summed E-state index contributed by atoms with van der Waals surface area (Å²) in [5.74, 6) is 1.00. The normalized spacial score (nSPS) is 15.8. The van der Waals surface area contributed by atoms with Gasteiger partial charge < -0.3 is 4.74 Å². The van der Waals surface area contributed by atoms with Gasteiger partial charge in [-0.3, -0.25) is 0 Å². The van der Waals surface area contributed by atoms with Gasteiger partial charge in [-0.05, 0) is 46.8 Å². The van der Waals surface area contributed by atoms with Gasteiger partial charge in [0.2, 0.25) is 0 Å². The van der Waals surface area contributed by atoms with Crippen LogP contribution in [0.15, 0.2) is 22.7 Å². The van der Waals surface area contributed by atoms with Crippen LogP contribution in [-0.2, 0) is 6.42 Å². The predicted molar refractivity (Wildman–Crippen MR) is 57.2 cm³/mol. The average molecular weight is 241 g/mol. The first-order valence-corrected chi connectivity index (χ1v) is 5.54. The fraction of sp³-hybridized carbons (Fsp3) is 0.455. The van der Waals surface area contributed by atoms with Crippen LogP contribution in [0.4, 0.5) is 0 Å². The average Bonchev–Trinajstić information content (AvgIpc) is 2.92. The Kier molecular flexibility index (Phi) is 2.58. The Morgan fingerprint density at radius 3 is 2.85 bits per heavy atom. The summed E-state index contributed by atoms with van der Waals surface area (Å²) in [6.07, 6.45) is 3.94. The molecule has 0 amide bonds. The van der Waals surface area contributed by atoms with Crippen molar-refractivity contribution < 1.29 is 4.74 Å². The molecule has 2 heteroatoms. The van der Waals surface area contributed by atoms with Crippen LogP contribution in [0.1, 0.15) is 25.3 Å². The molecule has 1 saturated carbocycles. The molecule has 0 radical (unpaired) electrons. The van der Waals surface area contributed by atoms with Crippen molar-refractivity contribution >= 4 is 15.9 Å². The fourth-order valence-electron chi connectivity index (χ4n) is 1.29. The molecule has 1 aliphatic carbocycles. The van der Waals surface area contributed by atoms with Crippen molar-refractivity contribution in [1.82, 2.24) is 0 Å². The van der Waals surface area contributed by atoms with Crippen LogP contribution >= 0.6 is 15.9 Å². The van der Waals surface area contributed by atoms with E-state index >= 15 is 0 Å². The van der Waals surface area contributed by atoms with Gasteiger partial charge >= 0.3 is 0 Å². The Hall–Kier alpha value is -0.500. The molecule has 0 aromatic heterocycles. The molecule has 1 nitrogen and oxygen atoms in total. The molecule has 13 heavy (non-hydrogen) atoms. The Morgan fingerprint density at radius 1 is 1.46 bits per heavy atom. The number of aryl methyl sites for hydroxylation is 1. The minimum absolute atomic E-state index is 0.475. The number of rotatable bonds is 3. The number of hydrogen-bond acceptors (Lipinski definition) is 1. The van der Waals surface area contributed by atoms with E-state index in [9.17, 15) is 0 Å². The minimum Gasteiger partial charge on any atom is -0.489 e. The van der Waals surface area contributed by atoms with E-state index in [4.69, 9.17) is 4.74 Å². The van der Waals surface area contributed by atoms with Gasteiger partial charge in [-0.25, -0.2) is 0 Å². The highest BCUT2D eigenvalue weighted by Gasteiger charge is 2.24. The van der Waals surface area contributed by atoms with Gasteiger partial charge in [-0.1, -0.05) is 19.1 Å². The molecule has 1 aromatic carbocycles. The van der Waals surface area contributed by atoms with Crippen molar-refractivity contribution in [3.63, 3.8) is 0 Å². The van der Waals surface area contributed by atoms with Crippen molar-refractivity contribution in [2.24, 2.45) is 0 Å². The second kappa shape index (κ2) is 3.70. The number of ether oxygens (including phenoxy) is 1. The molecular formula is C11H13BrO. The molecule has 1 aliphatic rings. The van der Waals surface area contributed by atoms with Gasteiger partial charge in [-0.2, -0.15) is 0 Å². The van der Waals surface area contributed by atoms with Crippen molar-refractivity contribution in [2.45, 2.75) is 32.3 Å². The first kappa shape index (κ1) is 9.07. The summed E-state index contributed by atoms with van der Waals surface area (Å²) < 4.78 is 6.88. The quantitative estimate of drug-likeness (QED) is 0.786. The van der Waals surface area contributed by atoms with Crippen LogP contribution in [0.5, 0.6) is 5.75 Å². The van der Waals surface area contributed by atoms with E-state index < -0.39 is 0 Å². The van der Waals surface area contributed by atoms with E-state index in [0.29, 0.717) is 6.10 Å². The zero-order valence-electron chi connectivity index (χ0n) is 7.72. The molecule has 0 heterocycles. The summed E-state index contributed by atoms with van der Waals surface area (Å²) in [4.78, 5) is 0.